The van der Waals surface area contributed by atoms with Gasteiger partial charge < -0.3 is 9.64 Å². The van der Waals surface area contributed by atoms with Gasteiger partial charge in [0.2, 0.25) is 0 Å². The molecule has 0 aliphatic carbocycles. The number of nitrogens with zero attached hydrogens (tertiary/aromatic N) is 4. The van der Waals surface area contributed by atoms with E-state index in [1.165, 1.54) is 11.8 Å². The van der Waals surface area contributed by atoms with Gasteiger partial charge in [-0.05, 0) is 42.9 Å². The third-order valence-corrected chi connectivity index (χ3v) is 7.43. The molecule has 4 aromatic rings. The van der Waals surface area contributed by atoms with Gasteiger partial charge in [-0.15, -0.1) is 0 Å². The molecule has 8 heteroatoms. The van der Waals surface area contributed by atoms with Crippen molar-refractivity contribution in [3.05, 3.63) is 76.3 Å². The molecule has 0 N–H and O–H groups in total. The van der Waals surface area contributed by atoms with Gasteiger partial charge in [0.05, 0.1) is 17.0 Å². The van der Waals surface area contributed by atoms with Crippen LogP contribution in [0.1, 0.15) is 19.4 Å². The molecule has 7 nitrogen and oxygen atoms in total. The van der Waals surface area contributed by atoms with Gasteiger partial charge in [-0.25, -0.2) is 0 Å². The predicted molar refractivity (Wildman–Crippen MR) is 135 cm³/mol. The van der Waals surface area contributed by atoms with Crippen LogP contribution < -0.4 is 4.74 Å². The molecule has 0 radical (unpaired) electrons. The topological polar surface area (TPSA) is 73.4 Å². The minimum absolute atomic E-state index is 0.122. The average molecular weight is 475 g/mol. The van der Waals surface area contributed by atoms with Crippen molar-refractivity contribution in [2.24, 2.45) is 0 Å². The van der Waals surface area contributed by atoms with Gasteiger partial charge in [-0.3, -0.25) is 14.8 Å². The lowest BCUT2D eigenvalue weighted by Gasteiger charge is -2.17. The van der Waals surface area contributed by atoms with E-state index in [-0.39, 0.29) is 10.6 Å². The Morgan fingerprint density at radius 1 is 1.09 bits per heavy atom. The maximum atomic E-state index is 11.8. The summed E-state index contributed by atoms with van der Waals surface area (Å²) in [6, 6.07) is 19.4. The van der Waals surface area contributed by atoms with Gasteiger partial charge in [0, 0.05) is 28.5 Å². The summed E-state index contributed by atoms with van der Waals surface area (Å²) in [4.78, 5) is 15.4. The van der Waals surface area contributed by atoms with Crippen molar-refractivity contribution in [3.63, 3.8) is 0 Å². The van der Waals surface area contributed by atoms with Crippen molar-refractivity contribution in [1.82, 2.24) is 14.7 Å². The molecule has 3 aromatic carbocycles. The first-order chi connectivity index (χ1) is 16.6. The van der Waals surface area contributed by atoms with E-state index in [1.54, 1.807) is 6.07 Å². The molecule has 0 saturated heterocycles. The molecule has 0 bridgehead atoms. The van der Waals surface area contributed by atoms with Crippen molar-refractivity contribution < 1.29 is 9.66 Å². The van der Waals surface area contributed by atoms with Crippen LogP contribution in [-0.2, 0) is 13.2 Å². The molecule has 0 saturated carbocycles. The fourth-order valence-corrected chi connectivity index (χ4v) is 5.51. The van der Waals surface area contributed by atoms with Crippen molar-refractivity contribution >= 4 is 28.4 Å². The zero-order valence-corrected chi connectivity index (χ0v) is 20.0. The Morgan fingerprint density at radius 3 is 2.62 bits per heavy atom. The van der Waals surface area contributed by atoms with E-state index >= 15 is 0 Å². The van der Waals surface area contributed by atoms with E-state index in [1.807, 2.05) is 59.3 Å². The number of benzene rings is 3. The zero-order chi connectivity index (χ0) is 23.7. The average Bonchev–Trinajstić information content (AvgIpc) is 3.24. The van der Waals surface area contributed by atoms with Crippen molar-refractivity contribution in [1.29, 1.82) is 0 Å². The van der Waals surface area contributed by atoms with E-state index in [4.69, 9.17) is 9.84 Å². The molecular formula is C26H26N4O3S. The number of ether oxygens (including phenoxy) is 1. The maximum Gasteiger partial charge on any atom is 0.284 e. The molecule has 1 aliphatic rings. The number of nitro benzene ring substituents is 1. The molecule has 34 heavy (non-hydrogen) atoms. The summed E-state index contributed by atoms with van der Waals surface area (Å²) in [6.07, 6.45) is 0. The second-order valence-electron chi connectivity index (χ2n) is 8.20. The first-order valence-corrected chi connectivity index (χ1v) is 12.3. The minimum Gasteiger partial charge on any atom is -0.489 e. The number of aromatic nitrogens is 2. The number of rotatable bonds is 9. The molecule has 5 rings (SSSR count). The molecule has 2 heterocycles. The highest BCUT2D eigenvalue weighted by Gasteiger charge is 2.30. The SMILES string of the molecule is CCN(CC)CCn1nc2c3c(c([N+](=O)[O-])ccc31)Sc1ccc(OCc3ccccc3)cc1-2. The van der Waals surface area contributed by atoms with Crippen LogP contribution in [0.4, 0.5) is 5.69 Å². The van der Waals surface area contributed by atoms with Gasteiger partial charge in [0.25, 0.3) is 5.69 Å². The van der Waals surface area contributed by atoms with E-state index in [2.05, 4.69) is 18.7 Å². The van der Waals surface area contributed by atoms with Gasteiger partial charge in [0.15, 0.2) is 0 Å². The van der Waals surface area contributed by atoms with E-state index in [0.29, 0.717) is 11.5 Å². The molecular weight excluding hydrogens is 448 g/mol. The Balaban J connectivity index is 1.55. The Labute approximate surface area is 202 Å². The van der Waals surface area contributed by atoms with Crippen molar-refractivity contribution in [3.8, 4) is 17.0 Å². The largest absolute Gasteiger partial charge is 0.489 e. The summed E-state index contributed by atoms with van der Waals surface area (Å²) < 4.78 is 8.05. The third-order valence-electron chi connectivity index (χ3n) is 6.24. The van der Waals surface area contributed by atoms with Crippen LogP contribution in [0, 0.1) is 10.1 Å². The summed E-state index contributed by atoms with van der Waals surface area (Å²) in [5.41, 5.74) is 3.88. The number of hydrogen-bond acceptors (Lipinski definition) is 6. The molecule has 174 valence electrons. The molecule has 1 aromatic heterocycles. The second kappa shape index (κ2) is 9.48. The number of nitro groups is 1. The lowest BCUT2D eigenvalue weighted by molar-refractivity contribution is -0.387. The summed E-state index contributed by atoms with van der Waals surface area (Å²) in [5.74, 6) is 0.753. The highest BCUT2D eigenvalue weighted by molar-refractivity contribution is 8.00. The monoisotopic (exact) mass is 474 g/mol. The smallest absolute Gasteiger partial charge is 0.284 e. The minimum atomic E-state index is -0.304. The summed E-state index contributed by atoms with van der Waals surface area (Å²) >= 11 is 1.44. The summed E-state index contributed by atoms with van der Waals surface area (Å²) in [5, 5.41) is 17.6. The lowest BCUT2D eigenvalue weighted by Crippen LogP contribution is -2.27. The van der Waals surface area contributed by atoms with E-state index in [9.17, 15) is 10.1 Å². The van der Waals surface area contributed by atoms with E-state index < -0.39 is 0 Å². The van der Waals surface area contributed by atoms with Crippen molar-refractivity contribution in [2.45, 2.75) is 36.8 Å². The molecule has 0 amide bonds. The van der Waals surface area contributed by atoms with Gasteiger partial charge in [-0.1, -0.05) is 55.9 Å². The van der Waals surface area contributed by atoms with Crippen LogP contribution in [0.5, 0.6) is 5.75 Å². The summed E-state index contributed by atoms with van der Waals surface area (Å²) in [6.45, 7) is 8.31. The van der Waals surface area contributed by atoms with Crippen LogP contribution in [0.3, 0.4) is 0 Å². The van der Waals surface area contributed by atoms with Crippen LogP contribution >= 0.6 is 11.8 Å². The fourth-order valence-electron chi connectivity index (χ4n) is 4.34. The number of likely N-dealkylation sites (N-methyl/N-ethyl adjacent to an activating group) is 1. The zero-order valence-electron chi connectivity index (χ0n) is 19.2. The van der Waals surface area contributed by atoms with Crippen LogP contribution in [0.2, 0.25) is 0 Å². The second-order valence-corrected chi connectivity index (χ2v) is 9.25. The van der Waals surface area contributed by atoms with Crippen LogP contribution in [-0.4, -0.2) is 39.2 Å². The number of hydrogen-bond donors (Lipinski definition) is 0. The Hall–Kier alpha value is -3.36. The highest BCUT2D eigenvalue weighted by Crippen LogP contribution is 2.51. The van der Waals surface area contributed by atoms with Crippen LogP contribution in [0.15, 0.2) is 70.5 Å². The molecule has 0 fully saturated rings. The normalized spacial score (nSPS) is 12.2. The van der Waals surface area contributed by atoms with Gasteiger partial charge in [-0.2, -0.15) is 5.10 Å². The standard InChI is InChI=1S/C26H26N4O3S/c1-3-28(4-2)14-15-29-21-11-12-22(30(31)32)26-24(21)25(27-29)20-16-19(10-13-23(20)34-26)33-17-18-8-6-5-7-9-18/h5-13,16H,3-4,14-15,17H2,1-2H3. The summed E-state index contributed by atoms with van der Waals surface area (Å²) in [7, 11) is 0. The Kier molecular flexibility index (Phi) is 6.26. The van der Waals surface area contributed by atoms with E-state index in [0.717, 1.165) is 64.5 Å². The quantitative estimate of drug-likeness (QED) is 0.193. The van der Waals surface area contributed by atoms with Crippen molar-refractivity contribution in [2.75, 3.05) is 19.6 Å². The third kappa shape index (κ3) is 4.15. The molecule has 0 unspecified atom stereocenters. The maximum absolute atomic E-state index is 11.8. The molecule has 1 aliphatic heterocycles. The van der Waals surface area contributed by atoms with Crippen LogP contribution in [0.25, 0.3) is 22.2 Å². The first kappa shape index (κ1) is 22.4. The van der Waals surface area contributed by atoms with Gasteiger partial charge in [0.1, 0.15) is 22.9 Å². The number of fused-ring (bicyclic) bond motifs is 2. The highest BCUT2D eigenvalue weighted by atomic mass is 32.2. The Bertz CT molecular complexity index is 1350. The molecule has 0 spiro atoms. The fraction of sp³-hybridized carbons (Fsp3) is 0.269. The first-order valence-electron chi connectivity index (χ1n) is 11.5. The molecule has 0 atom stereocenters. The predicted octanol–water partition coefficient (Wildman–Crippen LogP) is 6.00. The van der Waals surface area contributed by atoms with Gasteiger partial charge >= 0.3 is 0 Å². The Morgan fingerprint density at radius 2 is 1.88 bits per heavy atom. The lowest BCUT2D eigenvalue weighted by atomic mass is 10.1.